The van der Waals surface area contributed by atoms with Gasteiger partial charge < -0.3 is 21.1 Å². The summed E-state index contributed by atoms with van der Waals surface area (Å²) in [5, 5.41) is 31.8. The van der Waals surface area contributed by atoms with Gasteiger partial charge in [0.1, 0.15) is 5.01 Å². The molecule has 3 rings (SSSR count). The van der Waals surface area contributed by atoms with Crippen molar-refractivity contribution in [2.75, 3.05) is 13.2 Å². The summed E-state index contributed by atoms with van der Waals surface area (Å²) < 4.78 is 0. The minimum absolute atomic E-state index is 0.0880. The van der Waals surface area contributed by atoms with Gasteiger partial charge in [0.15, 0.2) is 0 Å². The lowest BCUT2D eigenvalue weighted by atomic mass is 9.92. The van der Waals surface area contributed by atoms with Crippen molar-refractivity contribution in [3.63, 3.8) is 0 Å². The van der Waals surface area contributed by atoms with Crippen LogP contribution in [-0.2, 0) is 0 Å². The summed E-state index contributed by atoms with van der Waals surface area (Å²) in [4.78, 5) is 6.48. The van der Waals surface area contributed by atoms with E-state index in [1.807, 2.05) is 29.6 Å². The summed E-state index contributed by atoms with van der Waals surface area (Å²) in [6.07, 6.45) is 1.05. The Morgan fingerprint density at radius 3 is 2.11 bits per heavy atom. The van der Waals surface area contributed by atoms with Crippen molar-refractivity contribution in [2.24, 2.45) is 5.73 Å². The quantitative estimate of drug-likeness (QED) is 0.462. The molecule has 0 saturated heterocycles. The van der Waals surface area contributed by atoms with Crippen LogP contribution in [0.2, 0.25) is 0 Å². The van der Waals surface area contributed by atoms with Crippen LogP contribution in [0.4, 0.5) is 0 Å². The lowest BCUT2D eigenvalue weighted by Gasteiger charge is -2.27. The standard InChI is InChI=1S/C20H22N2O3S2/c21-20(12-23,13-24)11-18(25)14-1-5-16(6-2-14)27-17-7-3-15(4-8-17)19-22-9-10-26-19/h1-10,18,23-25H,11-13,21H2. The maximum absolute atomic E-state index is 10.3. The summed E-state index contributed by atoms with van der Waals surface area (Å²) in [7, 11) is 0. The Balaban J connectivity index is 1.63. The fraction of sp³-hybridized carbons (Fsp3) is 0.250. The van der Waals surface area contributed by atoms with E-state index in [0.717, 1.165) is 20.4 Å². The Hall–Kier alpha value is -1.74. The van der Waals surface area contributed by atoms with Crippen molar-refractivity contribution >= 4 is 23.1 Å². The summed E-state index contributed by atoms with van der Waals surface area (Å²) in [6.45, 7) is -0.767. The highest BCUT2D eigenvalue weighted by Crippen LogP contribution is 2.31. The molecule has 27 heavy (non-hydrogen) atoms. The summed E-state index contributed by atoms with van der Waals surface area (Å²) in [5.74, 6) is 0. The van der Waals surface area contributed by atoms with E-state index in [4.69, 9.17) is 5.73 Å². The molecule has 5 N–H and O–H groups in total. The Morgan fingerprint density at radius 2 is 1.59 bits per heavy atom. The average molecular weight is 403 g/mol. The van der Waals surface area contributed by atoms with Crippen LogP contribution in [0.25, 0.3) is 10.6 Å². The van der Waals surface area contributed by atoms with Crippen LogP contribution in [0.1, 0.15) is 18.1 Å². The minimum atomic E-state index is -1.19. The Kier molecular flexibility index (Phi) is 6.64. The molecule has 1 unspecified atom stereocenters. The lowest BCUT2D eigenvalue weighted by Crippen LogP contribution is -2.48. The third-order valence-electron chi connectivity index (χ3n) is 4.26. The SMILES string of the molecule is NC(CO)(CO)CC(O)c1ccc(Sc2ccc(-c3nccs3)cc2)cc1. The second-order valence-electron chi connectivity index (χ2n) is 6.43. The minimum Gasteiger partial charge on any atom is -0.394 e. The number of rotatable bonds is 8. The molecule has 7 heteroatoms. The molecular weight excluding hydrogens is 380 g/mol. The topological polar surface area (TPSA) is 99.6 Å². The fourth-order valence-electron chi connectivity index (χ4n) is 2.61. The molecule has 0 bridgehead atoms. The molecule has 0 fully saturated rings. The van der Waals surface area contributed by atoms with Gasteiger partial charge in [-0.1, -0.05) is 36.0 Å². The van der Waals surface area contributed by atoms with Gasteiger partial charge in [0.05, 0.1) is 24.9 Å². The predicted molar refractivity (Wildman–Crippen MR) is 109 cm³/mol. The first kappa shape index (κ1) is 20.0. The van der Waals surface area contributed by atoms with Gasteiger partial charge in [0, 0.05) is 26.9 Å². The number of hydrogen-bond donors (Lipinski definition) is 4. The number of thiazole rings is 1. The highest BCUT2D eigenvalue weighted by molar-refractivity contribution is 7.99. The van der Waals surface area contributed by atoms with E-state index in [-0.39, 0.29) is 19.6 Å². The van der Waals surface area contributed by atoms with Crippen LogP contribution in [-0.4, -0.2) is 39.1 Å². The van der Waals surface area contributed by atoms with E-state index in [9.17, 15) is 15.3 Å². The number of nitrogens with zero attached hydrogens (tertiary/aromatic N) is 1. The molecule has 0 amide bonds. The normalized spacial score (nSPS) is 12.9. The highest BCUT2D eigenvalue weighted by Gasteiger charge is 2.27. The smallest absolute Gasteiger partial charge is 0.123 e. The number of aliphatic hydroxyl groups is 3. The van der Waals surface area contributed by atoms with Crippen LogP contribution in [0, 0.1) is 0 Å². The van der Waals surface area contributed by atoms with Crippen molar-refractivity contribution in [2.45, 2.75) is 27.9 Å². The predicted octanol–water partition coefficient (Wildman–Crippen LogP) is 3.07. The molecule has 0 saturated carbocycles. The van der Waals surface area contributed by atoms with Crippen molar-refractivity contribution in [1.29, 1.82) is 0 Å². The van der Waals surface area contributed by atoms with Gasteiger partial charge in [0.2, 0.25) is 0 Å². The average Bonchev–Trinajstić information content (AvgIpc) is 3.24. The first-order chi connectivity index (χ1) is 13.0. The zero-order chi connectivity index (χ0) is 19.3. The maximum atomic E-state index is 10.3. The van der Waals surface area contributed by atoms with Crippen molar-refractivity contribution in [3.05, 3.63) is 65.7 Å². The monoisotopic (exact) mass is 402 g/mol. The zero-order valence-electron chi connectivity index (χ0n) is 14.7. The Bertz CT molecular complexity index is 833. The second kappa shape index (κ2) is 8.97. The first-order valence-corrected chi connectivity index (χ1v) is 10.2. The van der Waals surface area contributed by atoms with Crippen LogP contribution in [0.3, 0.4) is 0 Å². The number of nitrogens with two attached hydrogens (primary N) is 1. The summed E-state index contributed by atoms with van der Waals surface area (Å²) in [6, 6.07) is 15.8. The summed E-state index contributed by atoms with van der Waals surface area (Å²) in [5.41, 5.74) is 6.46. The van der Waals surface area contributed by atoms with Gasteiger partial charge in [-0.3, -0.25) is 0 Å². The third kappa shape index (κ3) is 5.16. The van der Waals surface area contributed by atoms with E-state index in [1.54, 1.807) is 29.3 Å². The number of aliphatic hydroxyl groups excluding tert-OH is 3. The molecule has 1 atom stereocenters. The van der Waals surface area contributed by atoms with E-state index in [2.05, 4.69) is 29.2 Å². The largest absolute Gasteiger partial charge is 0.394 e. The molecule has 0 spiro atoms. The molecule has 0 aliphatic heterocycles. The van der Waals surface area contributed by atoms with Crippen molar-refractivity contribution < 1.29 is 15.3 Å². The van der Waals surface area contributed by atoms with Gasteiger partial charge in [-0.15, -0.1) is 11.3 Å². The van der Waals surface area contributed by atoms with Gasteiger partial charge >= 0.3 is 0 Å². The lowest BCUT2D eigenvalue weighted by molar-refractivity contribution is 0.0618. The molecule has 0 aliphatic rings. The van der Waals surface area contributed by atoms with Crippen molar-refractivity contribution in [1.82, 2.24) is 4.98 Å². The molecule has 5 nitrogen and oxygen atoms in total. The second-order valence-corrected chi connectivity index (χ2v) is 8.47. The number of aromatic nitrogens is 1. The van der Waals surface area contributed by atoms with Crippen LogP contribution < -0.4 is 5.73 Å². The van der Waals surface area contributed by atoms with Crippen LogP contribution in [0.15, 0.2) is 69.9 Å². The van der Waals surface area contributed by atoms with Gasteiger partial charge in [-0.05, 0) is 36.2 Å². The van der Waals surface area contributed by atoms with Crippen LogP contribution in [0.5, 0.6) is 0 Å². The van der Waals surface area contributed by atoms with Crippen LogP contribution >= 0.6 is 23.1 Å². The van der Waals surface area contributed by atoms with E-state index >= 15 is 0 Å². The van der Waals surface area contributed by atoms with E-state index in [0.29, 0.717) is 5.56 Å². The van der Waals surface area contributed by atoms with E-state index < -0.39 is 11.6 Å². The molecule has 0 radical (unpaired) electrons. The molecule has 1 aromatic heterocycles. The number of benzene rings is 2. The Labute approximate surface area is 166 Å². The van der Waals surface area contributed by atoms with E-state index in [1.165, 1.54) is 0 Å². The Morgan fingerprint density at radius 1 is 1.00 bits per heavy atom. The number of hydrogen-bond acceptors (Lipinski definition) is 7. The molecule has 0 aliphatic carbocycles. The third-order valence-corrected chi connectivity index (χ3v) is 6.10. The first-order valence-electron chi connectivity index (χ1n) is 8.49. The zero-order valence-corrected chi connectivity index (χ0v) is 16.3. The van der Waals surface area contributed by atoms with Gasteiger partial charge in [-0.2, -0.15) is 0 Å². The molecule has 142 valence electrons. The van der Waals surface area contributed by atoms with Crippen molar-refractivity contribution in [3.8, 4) is 10.6 Å². The molecule has 1 heterocycles. The molecule has 2 aromatic carbocycles. The van der Waals surface area contributed by atoms with Gasteiger partial charge in [0.25, 0.3) is 0 Å². The van der Waals surface area contributed by atoms with Gasteiger partial charge in [-0.25, -0.2) is 4.98 Å². The maximum Gasteiger partial charge on any atom is 0.123 e. The fourth-order valence-corrected chi connectivity index (χ4v) is 4.07. The molecular formula is C20H22N2O3S2. The summed E-state index contributed by atoms with van der Waals surface area (Å²) >= 11 is 3.25. The molecule has 3 aromatic rings. The highest BCUT2D eigenvalue weighted by atomic mass is 32.2.